The number of hydrogen-bond acceptors (Lipinski definition) is 2. The number of rotatable bonds is 7. The van der Waals surface area contributed by atoms with Crippen LogP contribution in [0.1, 0.15) is 30.5 Å². The highest BCUT2D eigenvalue weighted by molar-refractivity contribution is 5.82. The minimum Gasteiger partial charge on any atom is -0.451 e. The van der Waals surface area contributed by atoms with Crippen molar-refractivity contribution in [1.29, 1.82) is 0 Å². The molecule has 4 rings (SSSR count). The van der Waals surface area contributed by atoms with Crippen molar-refractivity contribution < 1.29 is 13.5 Å². The number of para-hydroxylation sites is 2. The molecule has 0 radical (unpaired) electrons. The third-order valence-corrected chi connectivity index (χ3v) is 5.04. The number of ether oxygens (including phenoxy) is 1. The van der Waals surface area contributed by atoms with Crippen LogP contribution in [0.3, 0.4) is 0 Å². The molecular formula is C24H22F2N2O. The van der Waals surface area contributed by atoms with E-state index in [1.54, 1.807) is 24.3 Å². The third kappa shape index (κ3) is 4.00. The molecule has 1 unspecified atom stereocenters. The number of hydrogen-bond donors (Lipinski definition) is 2. The fourth-order valence-electron chi connectivity index (χ4n) is 3.50. The Morgan fingerprint density at radius 3 is 2.52 bits per heavy atom. The number of halogens is 2. The molecule has 0 aliphatic rings. The maximum atomic E-state index is 15.2. The molecule has 5 heteroatoms. The Hall–Kier alpha value is -3.18. The third-order valence-electron chi connectivity index (χ3n) is 5.04. The van der Waals surface area contributed by atoms with Crippen molar-refractivity contribution in [3.8, 4) is 11.5 Å². The molecule has 2 N–H and O–H groups in total. The van der Waals surface area contributed by atoms with E-state index in [0.29, 0.717) is 24.3 Å². The highest BCUT2D eigenvalue weighted by Crippen LogP contribution is 2.33. The summed E-state index contributed by atoms with van der Waals surface area (Å²) in [4.78, 5) is 3.24. The SMILES string of the molecule is CCC(NCc1c[nH]c2ccccc12)c1ccc(F)c(Oc2ccccc2)c1F. The predicted molar refractivity (Wildman–Crippen MR) is 111 cm³/mol. The van der Waals surface area contributed by atoms with E-state index in [0.717, 1.165) is 16.5 Å². The number of benzene rings is 3. The van der Waals surface area contributed by atoms with Crippen LogP contribution in [0.4, 0.5) is 8.78 Å². The van der Waals surface area contributed by atoms with Crippen molar-refractivity contribution >= 4 is 10.9 Å². The molecule has 1 atom stereocenters. The maximum Gasteiger partial charge on any atom is 0.198 e. The Balaban J connectivity index is 1.57. The second-order valence-electron chi connectivity index (χ2n) is 6.90. The van der Waals surface area contributed by atoms with E-state index in [4.69, 9.17) is 4.74 Å². The Labute approximate surface area is 168 Å². The van der Waals surface area contributed by atoms with E-state index < -0.39 is 11.6 Å². The molecule has 4 aromatic rings. The summed E-state index contributed by atoms with van der Waals surface area (Å²) >= 11 is 0. The lowest BCUT2D eigenvalue weighted by atomic mass is 10.0. The van der Waals surface area contributed by atoms with Crippen molar-refractivity contribution in [3.63, 3.8) is 0 Å². The van der Waals surface area contributed by atoms with Crippen LogP contribution in [0.15, 0.2) is 72.9 Å². The molecule has 0 aliphatic heterocycles. The van der Waals surface area contributed by atoms with Gasteiger partial charge in [0.25, 0.3) is 0 Å². The standard InChI is InChI=1S/C24H22F2N2O/c1-2-21(27-14-16-15-28-22-11-7-6-10-18(16)22)19-12-13-20(25)24(23(19)26)29-17-8-4-3-5-9-17/h3-13,15,21,27-28H,2,14H2,1H3. The van der Waals surface area contributed by atoms with Gasteiger partial charge >= 0.3 is 0 Å². The van der Waals surface area contributed by atoms with E-state index in [-0.39, 0.29) is 11.8 Å². The van der Waals surface area contributed by atoms with E-state index in [1.165, 1.54) is 12.1 Å². The minimum absolute atomic E-state index is 0.276. The second kappa shape index (κ2) is 8.45. The zero-order valence-corrected chi connectivity index (χ0v) is 16.1. The van der Waals surface area contributed by atoms with Crippen molar-refractivity contribution in [3.05, 3.63) is 95.7 Å². The average molecular weight is 392 g/mol. The topological polar surface area (TPSA) is 37.0 Å². The number of fused-ring (bicyclic) bond motifs is 1. The molecule has 3 nitrogen and oxygen atoms in total. The van der Waals surface area contributed by atoms with Crippen LogP contribution in [-0.4, -0.2) is 4.98 Å². The molecule has 1 aromatic heterocycles. The minimum atomic E-state index is -0.721. The van der Waals surface area contributed by atoms with Gasteiger partial charge in [0.2, 0.25) is 0 Å². The molecule has 0 aliphatic carbocycles. The molecule has 0 amide bonds. The monoisotopic (exact) mass is 392 g/mol. The number of aromatic nitrogens is 1. The zero-order valence-electron chi connectivity index (χ0n) is 16.1. The van der Waals surface area contributed by atoms with Crippen molar-refractivity contribution in [2.75, 3.05) is 0 Å². The van der Waals surface area contributed by atoms with Gasteiger partial charge in [-0.15, -0.1) is 0 Å². The first-order valence-electron chi connectivity index (χ1n) is 9.66. The van der Waals surface area contributed by atoms with Crippen LogP contribution >= 0.6 is 0 Å². The van der Waals surface area contributed by atoms with Crippen molar-refractivity contribution in [1.82, 2.24) is 10.3 Å². The van der Waals surface area contributed by atoms with Crippen LogP contribution < -0.4 is 10.1 Å². The van der Waals surface area contributed by atoms with Gasteiger partial charge in [0, 0.05) is 35.2 Å². The fraction of sp³-hybridized carbons (Fsp3) is 0.167. The molecule has 0 spiro atoms. The van der Waals surface area contributed by atoms with Crippen molar-refractivity contribution in [2.45, 2.75) is 25.9 Å². The first-order chi connectivity index (χ1) is 14.2. The lowest BCUT2D eigenvalue weighted by Gasteiger charge is -2.20. The van der Waals surface area contributed by atoms with Crippen LogP contribution in [0.25, 0.3) is 10.9 Å². The summed E-state index contributed by atoms with van der Waals surface area (Å²) in [5.41, 5.74) is 2.55. The first-order valence-corrected chi connectivity index (χ1v) is 9.66. The summed E-state index contributed by atoms with van der Waals surface area (Å²) in [6, 6.07) is 19.2. The highest BCUT2D eigenvalue weighted by Gasteiger charge is 2.21. The van der Waals surface area contributed by atoms with Gasteiger partial charge in [-0.1, -0.05) is 49.4 Å². The lowest BCUT2D eigenvalue weighted by molar-refractivity contribution is 0.395. The van der Waals surface area contributed by atoms with Gasteiger partial charge in [-0.05, 0) is 36.2 Å². The lowest BCUT2D eigenvalue weighted by Crippen LogP contribution is -2.21. The van der Waals surface area contributed by atoms with E-state index >= 15 is 4.39 Å². The number of H-pyrrole nitrogens is 1. The van der Waals surface area contributed by atoms with Gasteiger partial charge in [0.1, 0.15) is 5.75 Å². The molecule has 0 saturated heterocycles. The van der Waals surface area contributed by atoms with Crippen molar-refractivity contribution in [2.24, 2.45) is 0 Å². The quantitative estimate of drug-likeness (QED) is 0.378. The van der Waals surface area contributed by atoms with Gasteiger partial charge in [-0.25, -0.2) is 8.78 Å². The fourth-order valence-corrected chi connectivity index (χ4v) is 3.50. The molecule has 0 bridgehead atoms. The highest BCUT2D eigenvalue weighted by atomic mass is 19.1. The molecule has 0 saturated carbocycles. The maximum absolute atomic E-state index is 15.2. The molecule has 29 heavy (non-hydrogen) atoms. The van der Waals surface area contributed by atoms with E-state index in [1.807, 2.05) is 43.5 Å². The normalized spacial score (nSPS) is 12.2. The first kappa shape index (κ1) is 19.2. The van der Waals surface area contributed by atoms with Crippen LogP contribution in [-0.2, 0) is 6.54 Å². The Kier molecular flexibility index (Phi) is 5.58. The molecule has 148 valence electrons. The summed E-state index contributed by atoms with van der Waals surface area (Å²) in [7, 11) is 0. The van der Waals surface area contributed by atoms with Gasteiger partial charge in [0.05, 0.1) is 0 Å². The number of nitrogens with one attached hydrogen (secondary N) is 2. The predicted octanol–water partition coefficient (Wildman–Crippen LogP) is 6.48. The molecule has 0 fully saturated rings. The number of aromatic amines is 1. The molecule has 1 heterocycles. The Morgan fingerprint density at radius 1 is 0.966 bits per heavy atom. The van der Waals surface area contributed by atoms with Gasteiger partial charge in [-0.3, -0.25) is 0 Å². The summed E-state index contributed by atoms with van der Waals surface area (Å²) in [6.07, 6.45) is 2.60. The largest absolute Gasteiger partial charge is 0.451 e. The second-order valence-corrected chi connectivity index (χ2v) is 6.90. The summed E-state index contributed by atoms with van der Waals surface area (Å²) in [6.45, 7) is 2.53. The van der Waals surface area contributed by atoms with Crippen LogP contribution in [0.5, 0.6) is 11.5 Å². The Bertz CT molecular complexity index is 1110. The summed E-state index contributed by atoms with van der Waals surface area (Å²) in [5.74, 6) is -1.38. The van der Waals surface area contributed by atoms with Gasteiger partial charge < -0.3 is 15.0 Å². The molecular weight excluding hydrogens is 370 g/mol. The average Bonchev–Trinajstić information content (AvgIpc) is 3.17. The summed E-state index contributed by atoms with van der Waals surface area (Å²) in [5, 5.41) is 4.52. The van der Waals surface area contributed by atoms with Gasteiger partial charge in [0.15, 0.2) is 17.4 Å². The van der Waals surface area contributed by atoms with Gasteiger partial charge in [-0.2, -0.15) is 0 Å². The van der Waals surface area contributed by atoms with E-state index in [2.05, 4.69) is 10.3 Å². The smallest absolute Gasteiger partial charge is 0.198 e. The van der Waals surface area contributed by atoms with E-state index in [9.17, 15) is 4.39 Å². The summed E-state index contributed by atoms with van der Waals surface area (Å²) < 4.78 is 34.9. The zero-order chi connectivity index (χ0) is 20.2. The molecule has 3 aromatic carbocycles. The van der Waals surface area contributed by atoms with Crippen LogP contribution in [0, 0.1) is 11.6 Å². The van der Waals surface area contributed by atoms with Crippen LogP contribution in [0.2, 0.25) is 0 Å². The Morgan fingerprint density at radius 2 is 1.72 bits per heavy atom.